The highest BCUT2D eigenvalue weighted by molar-refractivity contribution is 8.00. The second kappa shape index (κ2) is 4.98. The molecule has 0 spiro atoms. The van der Waals surface area contributed by atoms with Gasteiger partial charge in [-0.1, -0.05) is 25.2 Å². The Balaban J connectivity index is 1.88. The summed E-state index contributed by atoms with van der Waals surface area (Å²) in [6, 6.07) is 0. The quantitative estimate of drug-likeness (QED) is 0.929. The molecule has 0 bridgehead atoms. The second-order valence-electron chi connectivity index (χ2n) is 5.45. The fraction of sp³-hybridized carbons (Fsp3) is 0.692. The van der Waals surface area contributed by atoms with Crippen molar-refractivity contribution >= 4 is 34.2 Å². The van der Waals surface area contributed by atoms with E-state index in [-0.39, 0.29) is 0 Å². The molecule has 3 rings (SSSR count). The molecular formula is C13H18N2O2S2. The molecule has 1 aromatic rings. The maximum absolute atomic E-state index is 11.3. The summed E-state index contributed by atoms with van der Waals surface area (Å²) in [4.78, 5) is 18.7. The van der Waals surface area contributed by atoms with Gasteiger partial charge in [0, 0.05) is 29.5 Å². The van der Waals surface area contributed by atoms with Crippen LogP contribution in [-0.2, 0) is 0 Å². The molecule has 0 amide bonds. The first-order chi connectivity index (χ1) is 9.04. The molecule has 19 heavy (non-hydrogen) atoms. The summed E-state index contributed by atoms with van der Waals surface area (Å²) in [6.45, 7) is 6.37. The van der Waals surface area contributed by atoms with Gasteiger partial charge in [0.25, 0.3) is 0 Å². The van der Waals surface area contributed by atoms with Gasteiger partial charge in [-0.2, -0.15) is 11.8 Å². The Morgan fingerprint density at radius 2 is 1.95 bits per heavy atom. The van der Waals surface area contributed by atoms with E-state index in [9.17, 15) is 9.90 Å². The number of anilines is 1. The zero-order chi connectivity index (χ0) is 13.6. The Bertz CT molecular complexity index is 489. The first-order valence-corrected chi connectivity index (χ1v) is 8.45. The molecule has 1 aliphatic heterocycles. The number of carboxylic acids is 1. The molecule has 104 valence electrons. The molecule has 1 N–H and O–H groups in total. The fourth-order valence-electron chi connectivity index (χ4n) is 2.58. The molecular weight excluding hydrogens is 280 g/mol. The van der Waals surface area contributed by atoms with Crippen LogP contribution in [-0.4, -0.2) is 39.6 Å². The fourth-order valence-corrected chi connectivity index (χ4v) is 4.91. The van der Waals surface area contributed by atoms with Crippen molar-refractivity contribution in [2.45, 2.75) is 43.1 Å². The van der Waals surface area contributed by atoms with Crippen LogP contribution < -0.4 is 4.90 Å². The number of thiazole rings is 1. The number of hydrogen-bond donors (Lipinski definition) is 1. The average Bonchev–Trinajstić information content (AvgIpc) is 3.06. The van der Waals surface area contributed by atoms with Crippen molar-refractivity contribution in [3.63, 3.8) is 0 Å². The minimum absolute atomic E-state index is 0.394. The lowest BCUT2D eigenvalue weighted by Gasteiger charge is -2.34. The van der Waals surface area contributed by atoms with Crippen molar-refractivity contribution in [2.75, 3.05) is 18.0 Å². The topological polar surface area (TPSA) is 53.4 Å². The highest BCUT2D eigenvalue weighted by atomic mass is 32.2. The Hall–Kier alpha value is -0.750. The number of carbonyl (C=O) groups is 1. The van der Waals surface area contributed by atoms with Crippen LogP contribution in [0.1, 0.15) is 48.0 Å². The Morgan fingerprint density at radius 3 is 2.47 bits per heavy atom. The van der Waals surface area contributed by atoms with E-state index < -0.39 is 5.97 Å². The number of hydrogen-bond acceptors (Lipinski definition) is 5. The zero-order valence-corrected chi connectivity index (χ0v) is 12.8. The number of thioether (sulfide) groups is 1. The van der Waals surface area contributed by atoms with Gasteiger partial charge in [0.15, 0.2) is 5.13 Å². The lowest BCUT2D eigenvalue weighted by molar-refractivity contribution is 0.0700. The van der Waals surface area contributed by atoms with Crippen molar-refractivity contribution in [2.24, 2.45) is 0 Å². The largest absolute Gasteiger partial charge is 0.477 e. The first kappa shape index (κ1) is 13.2. The highest BCUT2D eigenvalue weighted by Crippen LogP contribution is 2.44. The molecule has 1 aliphatic carbocycles. The third kappa shape index (κ3) is 2.74. The molecule has 1 saturated heterocycles. The molecule has 6 heteroatoms. The van der Waals surface area contributed by atoms with Gasteiger partial charge >= 0.3 is 5.97 Å². The van der Waals surface area contributed by atoms with Crippen LogP contribution in [0.2, 0.25) is 0 Å². The van der Waals surface area contributed by atoms with Crippen LogP contribution in [0.5, 0.6) is 0 Å². The minimum atomic E-state index is -0.821. The molecule has 1 aromatic heterocycles. The van der Waals surface area contributed by atoms with Crippen LogP contribution in [0.15, 0.2) is 0 Å². The molecule has 0 aromatic carbocycles. The van der Waals surface area contributed by atoms with Gasteiger partial charge in [-0.05, 0) is 12.8 Å². The molecule has 2 unspecified atom stereocenters. The summed E-state index contributed by atoms with van der Waals surface area (Å²) in [5.74, 6) is -0.428. The molecule has 2 aliphatic rings. The van der Waals surface area contributed by atoms with E-state index >= 15 is 0 Å². The van der Waals surface area contributed by atoms with E-state index in [0.29, 0.717) is 21.3 Å². The van der Waals surface area contributed by atoms with E-state index in [1.165, 1.54) is 11.3 Å². The summed E-state index contributed by atoms with van der Waals surface area (Å²) in [7, 11) is 0. The maximum atomic E-state index is 11.3. The number of aromatic nitrogens is 1. The lowest BCUT2D eigenvalue weighted by atomic mass is 10.2. The summed E-state index contributed by atoms with van der Waals surface area (Å²) < 4.78 is 0. The molecule has 0 radical (unpaired) electrons. The lowest BCUT2D eigenvalue weighted by Crippen LogP contribution is -2.40. The Kier molecular flexibility index (Phi) is 3.47. The van der Waals surface area contributed by atoms with Crippen LogP contribution >= 0.6 is 23.1 Å². The van der Waals surface area contributed by atoms with Gasteiger partial charge < -0.3 is 10.0 Å². The molecule has 2 heterocycles. The van der Waals surface area contributed by atoms with Gasteiger partial charge in [0.2, 0.25) is 0 Å². The van der Waals surface area contributed by atoms with Gasteiger partial charge in [-0.3, -0.25) is 0 Å². The van der Waals surface area contributed by atoms with Gasteiger partial charge in [-0.25, -0.2) is 9.78 Å². The summed E-state index contributed by atoms with van der Waals surface area (Å²) >= 11 is 3.35. The minimum Gasteiger partial charge on any atom is -0.477 e. The van der Waals surface area contributed by atoms with Crippen molar-refractivity contribution < 1.29 is 9.90 Å². The van der Waals surface area contributed by atoms with Crippen LogP contribution in [0, 0.1) is 0 Å². The van der Waals surface area contributed by atoms with Gasteiger partial charge in [-0.15, -0.1) is 0 Å². The molecule has 1 saturated carbocycles. The summed E-state index contributed by atoms with van der Waals surface area (Å²) in [6.07, 6.45) is 2.18. The van der Waals surface area contributed by atoms with Crippen molar-refractivity contribution in [1.29, 1.82) is 0 Å². The average molecular weight is 298 g/mol. The Labute approximate surface area is 121 Å². The number of aromatic carboxylic acids is 1. The monoisotopic (exact) mass is 298 g/mol. The van der Waals surface area contributed by atoms with Crippen molar-refractivity contribution in [3.8, 4) is 0 Å². The molecule has 4 nitrogen and oxygen atoms in total. The van der Waals surface area contributed by atoms with E-state index in [4.69, 9.17) is 0 Å². The predicted molar refractivity (Wildman–Crippen MR) is 79.8 cm³/mol. The standard InChI is InChI=1S/C13H18N2O2S2/c1-7-5-15(6-8(2)18-7)13-14-10(9-3-4-9)11(19-13)12(16)17/h7-9H,3-6H2,1-2H3,(H,16,17). The zero-order valence-electron chi connectivity index (χ0n) is 11.1. The second-order valence-corrected chi connectivity index (χ2v) is 8.31. The van der Waals surface area contributed by atoms with Crippen molar-refractivity contribution in [3.05, 3.63) is 10.6 Å². The van der Waals surface area contributed by atoms with E-state index in [0.717, 1.165) is 36.8 Å². The first-order valence-electron chi connectivity index (χ1n) is 6.69. The smallest absolute Gasteiger partial charge is 0.347 e. The normalized spacial score (nSPS) is 27.6. The third-order valence-electron chi connectivity index (χ3n) is 3.49. The van der Waals surface area contributed by atoms with Crippen molar-refractivity contribution in [1.82, 2.24) is 4.98 Å². The Morgan fingerprint density at radius 1 is 1.32 bits per heavy atom. The predicted octanol–water partition coefficient (Wildman–Crippen LogP) is 3.05. The maximum Gasteiger partial charge on any atom is 0.347 e. The van der Waals surface area contributed by atoms with E-state index in [2.05, 4.69) is 23.7 Å². The van der Waals surface area contributed by atoms with Crippen LogP contribution in [0.25, 0.3) is 0 Å². The number of rotatable bonds is 3. The third-order valence-corrected chi connectivity index (χ3v) is 5.84. The number of nitrogens with zero attached hydrogens (tertiary/aromatic N) is 2. The van der Waals surface area contributed by atoms with Gasteiger partial charge in [0.05, 0.1) is 5.69 Å². The summed E-state index contributed by atoms with van der Waals surface area (Å²) in [5, 5.41) is 11.4. The molecule has 2 fully saturated rings. The highest BCUT2D eigenvalue weighted by Gasteiger charge is 2.34. The molecule has 2 atom stereocenters. The van der Waals surface area contributed by atoms with Gasteiger partial charge in [0.1, 0.15) is 4.88 Å². The van der Waals surface area contributed by atoms with E-state index in [1.807, 2.05) is 11.8 Å². The number of carboxylic acid groups (broad SMARTS) is 1. The van der Waals surface area contributed by atoms with E-state index in [1.54, 1.807) is 0 Å². The SMILES string of the molecule is CC1CN(c2nc(C3CC3)c(C(=O)O)s2)CC(C)S1. The summed E-state index contributed by atoms with van der Waals surface area (Å²) in [5.41, 5.74) is 0.825. The van der Waals surface area contributed by atoms with Crippen LogP contribution in [0.4, 0.5) is 5.13 Å². The van der Waals surface area contributed by atoms with Crippen LogP contribution in [0.3, 0.4) is 0 Å².